The van der Waals surface area contributed by atoms with Gasteiger partial charge in [-0.05, 0) is 38.8 Å². The SMILES string of the molecule is CC(C)(CCCN1CCN2CCCC2C1)C(=N)N. The largest absolute Gasteiger partial charge is 0.387 e. The van der Waals surface area contributed by atoms with Crippen LogP contribution in [-0.4, -0.2) is 54.4 Å². The van der Waals surface area contributed by atoms with Crippen molar-refractivity contribution in [1.29, 1.82) is 5.41 Å². The van der Waals surface area contributed by atoms with E-state index in [9.17, 15) is 0 Å². The molecule has 1 unspecified atom stereocenters. The van der Waals surface area contributed by atoms with Crippen LogP contribution in [0.5, 0.6) is 0 Å². The van der Waals surface area contributed by atoms with Crippen LogP contribution < -0.4 is 5.73 Å². The van der Waals surface area contributed by atoms with Crippen LogP contribution in [0.2, 0.25) is 0 Å². The molecule has 2 aliphatic heterocycles. The first-order chi connectivity index (χ1) is 8.49. The summed E-state index contributed by atoms with van der Waals surface area (Å²) in [6.07, 6.45) is 4.94. The van der Waals surface area contributed by atoms with E-state index in [1.54, 1.807) is 0 Å². The van der Waals surface area contributed by atoms with E-state index < -0.39 is 0 Å². The first-order valence-electron chi connectivity index (χ1n) is 7.30. The Morgan fingerprint density at radius 2 is 2.11 bits per heavy atom. The summed E-state index contributed by atoms with van der Waals surface area (Å²) in [7, 11) is 0. The van der Waals surface area contributed by atoms with Gasteiger partial charge in [0.25, 0.3) is 0 Å². The first kappa shape index (κ1) is 13.8. The number of fused-ring (bicyclic) bond motifs is 1. The molecule has 0 radical (unpaired) electrons. The van der Waals surface area contributed by atoms with E-state index >= 15 is 0 Å². The Hall–Kier alpha value is -0.610. The lowest BCUT2D eigenvalue weighted by Gasteiger charge is -2.37. The highest BCUT2D eigenvalue weighted by atomic mass is 15.3. The van der Waals surface area contributed by atoms with Crippen molar-refractivity contribution in [3.8, 4) is 0 Å². The molecule has 0 bridgehead atoms. The molecule has 0 aliphatic carbocycles. The zero-order valence-corrected chi connectivity index (χ0v) is 11.9. The summed E-state index contributed by atoms with van der Waals surface area (Å²) >= 11 is 0. The molecule has 2 rings (SSSR count). The number of rotatable bonds is 5. The van der Waals surface area contributed by atoms with Crippen LogP contribution in [0.15, 0.2) is 0 Å². The van der Waals surface area contributed by atoms with Gasteiger partial charge in [0, 0.05) is 31.1 Å². The smallest absolute Gasteiger partial charge is 0.0963 e. The summed E-state index contributed by atoms with van der Waals surface area (Å²) in [5.74, 6) is 0.322. The van der Waals surface area contributed by atoms with Crippen molar-refractivity contribution in [2.75, 3.05) is 32.7 Å². The van der Waals surface area contributed by atoms with Gasteiger partial charge in [0.05, 0.1) is 5.84 Å². The van der Waals surface area contributed by atoms with Crippen LogP contribution in [0.4, 0.5) is 0 Å². The molecular formula is C14H28N4. The van der Waals surface area contributed by atoms with Crippen LogP contribution in [0.25, 0.3) is 0 Å². The van der Waals surface area contributed by atoms with E-state index in [0.717, 1.165) is 18.9 Å². The third kappa shape index (κ3) is 3.23. The predicted octanol–water partition coefficient (Wildman–Crippen LogP) is 1.51. The van der Waals surface area contributed by atoms with E-state index in [0.29, 0.717) is 5.84 Å². The van der Waals surface area contributed by atoms with E-state index in [4.69, 9.17) is 11.1 Å². The fourth-order valence-corrected chi connectivity index (χ4v) is 3.14. The summed E-state index contributed by atoms with van der Waals surface area (Å²) in [6, 6.07) is 0.819. The number of nitrogens with two attached hydrogens (primary N) is 1. The molecule has 3 N–H and O–H groups in total. The van der Waals surface area contributed by atoms with Crippen molar-refractivity contribution in [2.45, 2.75) is 45.6 Å². The summed E-state index contributed by atoms with van der Waals surface area (Å²) in [5, 5.41) is 7.57. The van der Waals surface area contributed by atoms with Gasteiger partial charge in [-0.2, -0.15) is 0 Å². The Morgan fingerprint density at radius 3 is 2.83 bits per heavy atom. The second kappa shape index (κ2) is 5.57. The minimum absolute atomic E-state index is 0.130. The van der Waals surface area contributed by atoms with Crippen molar-refractivity contribution in [1.82, 2.24) is 9.80 Å². The molecule has 0 aromatic heterocycles. The highest BCUT2D eigenvalue weighted by Crippen LogP contribution is 2.24. The maximum atomic E-state index is 7.57. The zero-order chi connectivity index (χ0) is 13.2. The van der Waals surface area contributed by atoms with Gasteiger partial charge in [0.15, 0.2) is 0 Å². The molecule has 2 heterocycles. The summed E-state index contributed by atoms with van der Waals surface area (Å²) in [4.78, 5) is 5.25. The fraction of sp³-hybridized carbons (Fsp3) is 0.929. The molecule has 4 nitrogen and oxygen atoms in total. The van der Waals surface area contributed by atoms with Gasteiger partial charge in [0.1, 0.15) is 0 Å². The first-order valence-corrected chi connectivity index (χ1v) is 7.30. The standard InChI is InChI=1S/C14H28N4/c1-14(2,13(15)16)6-4-7-17-9-10-18-8-3-5-12(18)11-17/h12H,3-11H2,1-2H3,(H3,15,16). The third-order valence-electron chi connectivity index (χ3n) is 4.68. The van der Waals surface area contributed by atoms with Gasteiger partial charge in [0.2, 0.25) is 0 Å². The Kier molecular flexibility index (Phi) is 4.28. The molecule has 104 valence electrons. The van der Waals surface area contributed by atoms with E-state index in [2.05, 4.69) is 23.6 Å². The predicted molar refractivity (Wildman–Crippen MR) is 76.0 cm³/mol. The maximum absolute atomic E-state index is 7.57. The van der Waals surface area contributed by atoms with Gasteiger partial charge in [-0.1, -0.05) is 13.8 Å². The fourth-order valence-electron chi connectivity index (χ4n) is 3.14. The number of amidine groups is 1. The number of nitrogens with zero attached hydrogens (tertiary/aromatic N) is 2. The van der Waals surface area contributed by atoms with Gasteiger partial charge in [-0.15, -0.1) is 0 Å². The highest BCUT2D eigenvalue weighted by Gasteiger charge is 2.30. The molecule has 2 fully saturated rings. The van der Waals surface area contributed by atoms with Crippen molar-refractivity contribution >= 4 is 5.84 Å². The lowest BCUT2D eigenvalue weighted by atomic mass is 9.86. The molecule has 1 atom stereocenters. The van der Waals surface area contributed by atoms with Crippen LogP contribution >= 0.6 is 0 Å². The highest BCUT2D eigenvalue weighted by molar-refractivity contribution is 5.82. The molecule has 0 aromatic rings. The van der Waals surface area contributed by atoms with E-state index in [1.165, 1.54) is 45.6 Å². The molecule has 2 aliphatic rings. The van der Waals surface area contributed by atoms with Crippen LogP contribution in [-0.2, 0) is 0 Å². The topological polar surface area (TPSA) is 56.4 Å². The minimum Gasteiger partial charge on any atom is -0.387 e. The number of piperazine rings is 1. The summed E-state index contributed by atoms with van der Waals surface area (Å²) < 4.78 is 0. The summed E-state index contributed by atoms with van der Waals surface area (Å²) in [5.41, 5.74) is 5.49. The van der Waals surface area contributed by atoms with Crippen molar-refractivity contribution in [3.05, 3.63) is 0 Å². The van der Waals surface area contributed by atoms with Crippen LogP contribution in [0, 0.1) is 10.8 Å². The molecule has 18 heavy (non-hydrogen) atoms. The average Bonchev–Trinajstić information content (AvgIpc) is 2.75. The molecule has 2 saturated heterocycles. The van der Waals surface area contributed by atoms with Crippen molar-refractivity contribution < 1.29 is 0 Å². The summed E-state index contributed by atoms with van der Waals surface area (Å²) in [6.45, 7) is 10.4. The van der Waals surface area contributed by atoms with Gasteiger partial charge in [-0.3, -0.25) is 10.3 Å². The van der Waals surface area contributed by atoms with Gasteiger partial charge < -0.3 is 10.6 Å². The number of hydrogen-bond acceptors (Lipinski definition) is 3. The monoisotopic (exact) mass is 252 g/mol. The van der Waals surface area contributed by atoms with Gasteiger partial charge in [-0.25, -0.2) is 0 Å². The van der Waals surface area contributed by atoms with Gasteiger partial charge >= 0.3 is 0 Å². The molecule has 0 aromatic carbocycles. The molecule has 0 saturated carbocycles. The van der Waals surface area contributed by atoms with E-state index in [-0.39, 0.29) is 5.41 Å². The second-order valence-corrected chi connectivity index (χ2v) is 6.53. The average molecular weight is 252 g/mol. The van der Waals surface area contributed by atoms with Crippen molar-refractivity contribution in [2.24, 2.45) is 11.1 Å². The molecular weight excluding hydrogens is 224 g/mol. The molecule has 4 heteroatoms. The Morgan fingerprint density at radius 1 is 1.33 bits per heavy atom. The third-order valence-corrected chi connectivity index (χ3v) is 4.68. The lowest BCUT2D eigenvalue weighted by Crippen LogP contribution is -2.50. The zero-order valence-electron chi connectivity index (χ0n) is 11.9. The number of hydrogen-bond donors (Lipinski definition) is 2. The van der Waals surface area contributed by atoms with Crippen LogP contribution in [0.3, 0.4) is 0 Å². The molecule has 0 spiro atoms. The molecule has 0 amide bonds. The minimum atomic E-state index is -0.130. The normalized spacial score (nSPS) is 26.2. The Balaban J connectivity index is 1.70. The lowest BCUT2D eigenvalue weighted by molar-refractivity contribution is 0.102. The quantitative estimate of drug-likeness (QED) is 0.576. The van der Waals surface area contributed by atoms with E-state index in [1.807, 2.05) is 0 Å². The Bertz CT molecular complexity index is 300. The Labute approximate surface area is 111 Å². The maximum Gasteiger partial charge on any atom is 0.0963 e. The second-order valence-electron chi connectivity index (χ2n) is 6.53. The van der Waals surface area contributed by atoms with Crippen molar-refractivity contribution in [3.63, 3.8) is 0 Å². The number of nitrogens with one attached hydrogen (secondary N) is 1. The van der Waals surface area contributed by atoms with Crippen LogP contribution in [0.1, 0.15) is 39.5 Å².